The summed E-state index contributed by atoms with van der Waals surface area (Å²) in [7, 11) is -4.03. The Morgan fingerprint density at radius 2 is 1.90 bits per heavy atom. The van der Waals surface area contributed by atoms with E-state index in [4.69, 9.17) is 10.4 Å². The number of hydrogen-bond acceptors (Lipinski definition) is 5. The number of benzene rings is 1. The van der Waals surface area contributed by atoms with E-state index in [-0.39, 0.29) is 22.0 Å². The maximum Gasteiger partial charge on any atom is 0.354 e. The number of nitrogens with zero attached hydrogens (tertiary/aromatic N) is 2. The molecule has 8 heteroatoms. The minimum Gasteiger partial charge on any atom is -0.477 e. The molecule has 0 unspecified atom stereocenters. The lowest BCUT2D eigenvalue weighted by Crippen LogP contribution is -2.16. The molecule has 106 valence electrons. The summed E-state index contributed by atoms with van der Waals surface area (Å²) in [6.07, 6.45) is 0. The van der Waals surface area contributed by atoms with E-state index < -0.39 is 16.0 Å². The summed E-state index contributed by atoms with van der Waals surface area (Å²) in [5.41, 5.74) is -0.303. The van der Waals surface area contributed by atoms with E-state index in [0.717, 1.165) is 0 Å². The summed E-state index contributed by atoms with van der Waals surface area (Å²) in [6.45, 7) is 0. The summed E-state index contributed by atoms with van der Waals surface area (Å²) in [6, 6.07) is 11.4. The third-order valence-electron chi connectivity index (χ3n) is 2.50. The second-order valence-electron chi connectivity index (χ2n) is 3.93. The molecule has 0 bridgehead atoms. The quantitative estimate of drug-likeness (QED) is 0.882. The summed E-state index contributed by atoms with van der Waals surface area (Å²) in [5.74, 6) is -1.41. The molecule has 2 rings (SSSR count). The van der Waals surface area contributed by atoms with E-state index in [1.54, 1.807) is 12.1 Å². The zero-order valence-electron chi connectivity index (χ0n) is 10.5. The van der Waals surface area contributed by atoms with E-state index in [0.29, 0.717) is 0 Å². The molecule has 1 heterocycles. The first-order chi connectivity index (χ1) is 9.94. The molecule has 7 nitrogen and oxygen atoms in total. The molecule has 0 fully saturated rings. The minimum atomic E-state index is -4.03. The van der Waals surface area contributed by atoms with Crippen LogP contribution in [-0.2, 0) is 10.0 Å². The van der Waals surface area contributed by atoms with Crippen molar-refractivity contribution in [2.45, 2.75) is 4.90 Å². The Kier molecular flexibility index (Phi) is 3.86. The highest BCUT2D eigenvalue weighted by Gasteiger charge is 2.19. The van der Waals surface area contributed by atoms with Crippen LogP contribution in [0.2, 0.25) is 0 Å². The zero-order chi connectivity index (χ0) is 15.5. The maximum absolute atomic E-state index is 12.2. The van der Waals surface area contributed by atoms with Crippen LogP contribution in [0.5, 0.6) is 0 Å². The predicted molar refractivity (Wildman–Crippen MR) is 73.2 cm³/mol. The SMILES string of the molecule is N#Cc1ccccc1S(=O)(=O)Nc1cccc(C(=O)O)n1. The third-order valence-corrected chi connectivity index (χ3v) is 3.92. The number of aromatic nitrogens is 1. The molecule has 1 aromatic carbocycles. The second-order valence-corrected chi connectivity index (χ2v) is 5.58. The number of pyridine rings is 1. The van der Waals surface area contributed by atoms with Crippen molar-refractivity contribution in [2.75, 3.05) is 4.72 Å². The molecule has 0 aliphatic carbocycles. The Labute approximate surface area is 120 Å². The Balaban J connectivity index is 2.41. The highest BCUT2D eigenvalue weighted by Crippen LogP contribution is 2.18. The molecular weight excluding hydrogens is 294 g/mol. The monoisotopic (exact) mass is 303 g/mol. The van der Waals surface area contributed by atoms with Crippen molar-refractivity contribution in [2.24, 2.45) is 0 Å². The van der Waals surface area contributed by atoms with Crippen molar-refractivity contribution in [3.05, 3.63) is 53.7 Å². The molecule has 0 saturated carbocycles. The average Bonchev–Trinajstić information content (AvgIpc) is 2.47. The Morgan fingerprint density at radius 3 is 2.57 bits per heavy atom. The fourth-order valence-corrected chi connectivity index (χ4v) is 2.76. The first-order valence-electron chi connectivity index (χ1n) is 5.66. The Morgan fingerprint density at radius 1 is 1.19 bits per heavy atom. The summed E-state index contributed by atoms with van der Waals surface area (Å²) in [5, 5.41) is 17.8. The van der Waals surface area contributed by atoms with Crippen molar-refractivity contribution in [3.8, 4) is 6.07 Å². The van der Waals surface area contributed by atoms with Gasteiger partial charge in [0.25, 0.3) is 10.0 Å². The third kappa shape index (κ3) is 3.16. The van der Waals surface area contributed by atoms with Gasteiger partial charge in [-0.3, -0.25) is 4.72 Å². The molecule has 0 amide bonds. The normalized spacial score (nSPS) is 10.6. The molecule has 1 aromatic heterocycles. The van der Waals surface area contributed by atoms with Crippen LogP contribution in [0, 0.1) is 11.3 Å². The number of anilines is 1. The number of carbonyl (C=O) groups is 1. The number of sulfonamides is 1. The summed E-state index contributed by atoms with van der Waals surface area (Å²) < 4.78 is 26.6. The van der Waals surface area contributed by atoms with E-state index in [9.17, 15) is 13.2 Å². The van der Waals surface area contributed by atoms with Crippen LogP contribution in [0.3, 0.4) is 0 Å². The molecule has 21 heavy (non-hydrogen) atoms. The number of nitrogens with one attached hydrogen (secondary N) is 1. The van der Waals surface area contributed by atoms with Crippen LogP contribution in [0.25, 0.3) is 0 Å². The lowest BCUT2D eigenvalue weighted by Gasteiger charge is -2.08. The standard InChI is InChI=1S/C13H9N3O4S/c14-8-9-4-1-2-6-11(9)21(19,20)16-12-7-3-5-10(15-12)13(17)18/h1-7H,(H,15,16)(H,17,18). The van der Waals surface area contributed by atoms with Crippen LogP contribution in [0.1, 0.15) is 16.1 Å². The first-order valence-corrected chi connectivity index (χ1v) is 7.14. The average molecular weight is 303 g/mol. The van der Waals surface area contributed by atoms with Gasteiger partial charge >= 0.3 is 5.97 Å². The highest BCUT2D eigenvalue weighted by molar-refractivity contribution is 7.92. The van der Waals surface area contributed by atoms with Crippen LogP contribution in [0.4, 0.5) is 5.82 Å². The van der Waals surface area contributed by atoms with Crippen LogP contribution < -0.4 is 4.72 Å². The molecule has 0 aliphatic rings. The number of aromatic carboxylic acids is 1. The molecule has 0 saturated heterocycles. The minimum absolute atomic E-state index is 0.0145. The Bertz CT molecular complexity index is 840. The number of carboxylic acid groups (broad SMARTS) is 1. The van der Waals surface area contributed by atoms with Crippen molar-refractivity contribution >= 4 is 21.8 Å². The molecule has 0 radical (unpaired) electrons. The van der Waals surface area contributed by atoms with Crippen LogP contribution >= 0.6 is 0 Å². The number of nitriles is 1. The fraction of sp³-hybridized carbons (Fsp3) is 0. The number of carboxylic acids is 1. The molecule has 2 aromatic rings. The van der Waals surface area contributed by atoms with E-state index in [1.807, 2.05) is 0 Å². The van der Waals surface area contributed by atoms with E-state index in [1.165, 1.54) is 36.4 Å². The van der Waals surface area contributed by atoms with Gasteiger partial charge in [0, 0.05) is 0 Å². The maximum atomic E-state index is 12.2. The lowest BCUT2D eigenvalue weighted by molar-refractivity contribution is 0.0690. The van der Waals surface area contributed by atoms with Crippen LogP contribution in [-0.4, -0.2) is 24.5 Å². The fourth-order valence-electron chi connectivity index (χ4n) is 1.60. The van der Waals surface area contributed by atoms with Gasteiger partial charge in [0.1, 0.15) is 16.8 Å². The molecular formula is C13H9N3O4S. The molecule has 0 spiro atoms. The predicted octanol–water partition coefficient (Wildman–Crippen LogP) is 1.45. The topological polar surface area (TPSA) is 120 Å². The first kappa shape index (κ1) is 14.5. The summed E-state index contributed by atoms with van der Waals surface area (Å²) >= 11 is 0. The van der Waals surface area contributed by atoms with Gasteiger partial charge in [-0.05, 0) is 24.3 Å². The molecule has 0 atom stereocenters. The summed E-state index contributed by atoms with van der Waals surface area (Å²) in [4.78, 5) is 14.3. The van der Waals surface area contributed by atoms with Gasteiger partial charge in [0.05, 0.1) is 5.56 Å². The van der Waals surface area contributed by atoms with Crippen LogP contribution in [0.15, 0.2) is 47.4 Å². The second kappa shape index (κ2) is 5.60. The van der Waals surface area contributed by atoms with E-state index in [2.05, 4.69) is 9.71 Å². The van der Waals surface area contributed by atoms with Gasteiger partial charge in [-0.2, -0.15) is 5.26 Å². The Hall–Kier alpha value is -2.92. The van der Waals surface area contributed by atoms with Gasteiger partial charge in [-0.15, -0.1) is 0 Å². The molecule has 2 N–H and O–H groups in total. The highest BCUT2D eigenvalue weighted by atomic mass is 32.2. The lowest BCUT2D eigenvalue weighted by atomic mass is 10.2. The van der Waals surface area contributed by atoms with E-state index >= 15 is 0 Å². The largest absolute Gasteiger partial charge is 0.477 e. The number of rotatable bonds is 4. The van der Waals surface area contributed by atoms with Gasteiger partial charge in [0.2, 0.25) is 0 Å². The smallest absolute Gasteiger partial charge is 0.354 e. The van der Waals surface area contributed by atoms with Gasteiger partial charge in [-0.1, -0.05) is 18.2 Å². The number of hydrogen-bond donors (Lipinski definition) is 2. The van der Waals surface area contributed by atoms with Gasteiger partial charge < -0.3 is 5.11 Å². The molecule has 0 aliphatic heterocycles. The van der Waals surface area contributed by atoms with Gasteiger partial charge in [0.15, 0.2) is 5.69 Å². The van der Waals surface area contributed by atoms with Crippen molar-refractivity contribution < 1.29 is 18.3 Å². The van der Waals surface area contributed by atoms with Crippen molar-refractivity contribution in [1.29, 1.82) is 5.26 Å². The van der Waals surface area contributed by atoms with Gasteiger partial charge in [-0.25, -0.2) is 18.2 Å². The van der Waals surface area contributed by atoms with Crippen molar-refractivity contribution in [1.82, 2.24) is 4.98 Å². The zero-order valence-corrected chi connectivity index (χ0v) is 11.3. The van der Waals surface area contributed by atoms with Crippen molar-refractivity contribution in [3.63, 3.8) is 0 Å².